The Morgan fingerprint density at radius 3 is 2.38 bits per heavy atom. The number of furan rings is 1. The average Bonchev–Trinajstić information content (AvgIpc) is 3.72. The lowest BCUT2D eigenvalue weighted by molar-refractivity contribution is 0.248. The van der Waals surface area contributed by atoms with Gasteiger partial charge in [-0.05, 0) is 55.2 Å². The van der Waals surface area contributed by atoms with Crippen LogP contribution < -0.4 is 14.7 Å². The summed E-state index contributed by atoms with van der Waals surface area (Å²) < 4.78 is 6.57. The first-order valence-electron chi connectivity index (χ1n) is 15.7. The standard InChI is InChI=1S/C38H34N6O/c1-25-17-18-28-27-13-7-10-16-31(27)45-35(28)34(25)42-22-21-41(3)32(42)23-38(2)24-33-43(26-11-5-4-6-12-26)36-37(40-20-19-39-36)44(33)30-15-9-8-14-29(30)38/h4-22,32-33H,23-24H2,1-3H3. The maximum absolute atomic E-state index is 6.57. The Balaban J connectivity index is 1.16. The number of hydrogen-bond acceptors (Lipinski definition) is 7. The molecule has 222 valence electrons. The molecule has 3 aliphatic heterocycles. The fourth-order valence-electron chi connectivity index (χ4n) is 7.94. The fraction of sp³-hybridized carbons (Fsp3) is 0.211. The minimum absolute atomic E-state index is 0.0401. The van der Waals surface area contributed by atoms with Gasteiger partial charge in [-0.15, -0.1) is 0 Å². The van der Waals surface area contributed by atoms with Gasteiger partial charge in [-0.1, -0.05) is 73.7 Å². The predicted octanol–water partition coefficient (Wildman–Crippen LogP) is 8.60. The predicted molar refractivity (Wildman–Crippen MR) is 181 cm³/mol. The van der Waals surface area contributed by atoms with E-state index in [9.17, 15) is 0 Å². The van der Waals surface area contributed by atoms with Crippen LogP contribution in [0.15, 0.2) is 120 Å². The minimum atomic E-state index is -0.161. The van der Waals surface area contributed by atoms with Gasteiger partial charge >= 0.3 is 0 Å². The molecule has 0 amide bonds. The van der Waals surface area contributed by atoms with E-state index in [1.807, 2.05) is 6.07 Å². The maximum atomic E-state index is 6.57. The second-order valence-corrected chi connectivity index (χ2v) is 12.8. The van der Waals surface area contributed by atoms with Crippen molar-refractivity contribution in [3.05, 3.63) is 127 Å². The van der Waals surface area contributed by atoms with Crippen LogP contribution in [0.4, 0.5) is 28.7 Å². The molecular formula is C38H34N6O. The van der Waals surface area contributed by atoms with Gasteiger partial charge in [-0.3, -0.25) is 0 Å². The number of hydrogen-bond donors (Lipinski definition) is 0. The Bertz CT molecular complexity index is 2120. The lowest BCUT2D eigenvalue weighted by Crippen LogP contribution is -2.51. The van der Waals surface area contributed by atoms with Crippen LogP contribution >= 0.6 is 0 Å². The van der Waals surface area contributed by atoms with Gasteiger partial charge in [0.1, 0.15) is 17.9 Å². The fourth-order valence-corrected chi connectivity index (χ4v) is 7.94. The smallest absolute Gasteiger partial charge is 0.178 e. The first-order valence-corrected chi connectivity index (χ1v) is 15.7. The first kappa shape index (κ1) is 26.1. The van der Waals surface area contributed by atoms with E-state index in [1.54, 1.807) is 12.4 Å². The molecule has 2 aromatic heterocycles. The van der Waals surface area contributed by atoms with Gasteiger partial charge in [0.25, 0.3) is 0 Å². The van der Waals surface area contributed by atoms with Crippen molar-refractivity contribution in [3.8, 4) is 0 Å². The third-order valence-corrected chi connectivity index (χ3v) is 10.1. The second-order valence-electron chi connectivity index (χ2n) is 12.8. The number of aromatic nitrogens is 2. The number of anilines is 5. The highest BCUT2D eigenvalue weighted by molar-refractivity contribution is 6.09. The Morgan fingerprint density at radius 1 is 0.800 bits per heavy atom. The molecule has 0 fully saturated rings. The molecule has 0 radical (unpaired) electrons. The van der Waals surface area contributed by atoms with Crippen LogP contribution in [0.1, 0.15) is 30.9 Å². The molecule has 45 heavy (non-hydrogen) atoms. The number of aryl methyl sites for hydroxylation is 1. The zero-order valence-corrected chi connectivity index (χ0v) is 25.6. The van der Waals surface area contributed by atoms with Gasteiger partial charge in [-0.2, -0.15) is 0 Å². The lowest BCUT2D eigenvalue weighted by atomic mass is 9.71. The monoisotopic (exact) mass is 590 g/mol. The molecule has 0 saturated carbocycles. The highest BCUT2D eigenvalue weighted by Gasteiger charge is 2.51. The maximum Gasteiger partial charge on any atom is 0.178 e. The first-order chi connectivity index (χ1) is 22.0. The summed E-state index contributed by atoms with van der Waals surface area (Å²) in [6, 6.07) is 32.3. The summed E-state index contributed by atoms with van der Waals surface area (Å²) in [5.41, 5.74) is 7.71. The minimum Gasteiger partial charge on any atom is -0.454 e. The van der Waals surface area contributed by atoms with Crippen molar-refractivity contribution in [2.45, 2.75) is 44.4 Å². The molecule has 3 unspecified atom stereocenters. The van der Waals surface area contributed by atoms with E-state index >= 15 is 0 Å². The number of benzene rings is 4. The summed E-state index contributed by atoms with van der Waals surface area (Å²) in [4.78, 5) is 19.3. The summed E-state index contributed by atoms with van der Waals surface area (Å²) in [6.07, 6.45) is 9.98. The normalized spacial score (nSPS) is 21.9. The van der Waals surface area contributed by atoms with E-state index in [1.165, 1.54) is 16.8 Å². The zero-order valence-electron chi connectivity index (χ0n) is 25.6. The molecular weight excluding hydrogens is 556 g/mol. The number of fused-ring (bicyclic) bond motifs is 8. The molecule has 5 heterocycles. The molecule has 0 spiro atoms. The van der Waals surface area contributed by atoms with E-state index in [-0.39, 0.29) is 17.7 Å². The largest absolute Gasteiger partial charge is 0.454 e. The van der Waals surface area contributed by atoms with Crippen molar-refractivity contribution in [2.75, 3.05) is 21.7 Å². The van der Waals surface area contributed by atoms with Gasteiger partial charge in [0.05, 0.1) is 5.69 Å². The van der Waals surface area contributed by atoms with Crippen LogP contribution in [0.25, 0.3) is 21.9 Å². The zero-order chi connectivity index (χ0) is 30.3. The average molecular weight is 591 g/mol. The number of para-hydroxylation sites is 3. The number of nitrogens with zero attached hydrogens (tertiary/aromatic N) is 6. The summed E-state index contributed by atoms with van der Waals surface area (Å²) in [6.45, 7) is 4.63. The van der Waals surface area contributed by atoms with Crippen LogP contribution in [0.3, 0.4) is 0 Å². The topological polar surface area (TPSA) is 51.9 Å². The van der Waals surface area contributed by atoms with Crippen molar-refractivity contribution in [2.24, 2.45) is 0 Å². The summed E-state index contributed by atoms with van der Waals surface area (Å²) in [7, 11) is 2.19. The highest BCUT2D eigenvalue weighted by Crippen LogP contribution is 2.56. The van der Waals surface area contributed by atoms with Crippen molar-refractivity contribution in [3.63, 3.8) is 0 Å². The van der Waals surface area contributed by atoms with E-state index in [2.05, 4.69) is 138 Å². The molecule has 0 saturated heterocycles. The van der Waals surface area contributed by atoms with Crippen molar-refractivity contribution in [1.82, 2.24) is 14.9 Å². The molecule has 7 heteroatoms. The van der Waals surface area contributed by atoms with Gasteiger partial charge in [0.2, 0.25) is 0 Å². The molecule has 7 nitrogen and oxygen atoms in total. The van der Waals surface area contributed by atoms with Crippen LogP contribution in [-0.4, -0.2) is 34.2 Å². The Hall–Kier alpha value is -5.30. The third kappa shape index (κ3) is 3.76. The molecule has 0 bridgehead atoms. The SMILES string of the molecule is Cc1ccc2c(oc3ccccc32)c1N1C=CN(C)C1CC1(C)CC2N(c3ccccc3)c3nccnc3N2c2ccccc21. The van der Waals surface area contributed by atoms with E-state index in [0.717, 1.165) is 57.8 Å². The van der Waals surface area contributed by atoms with Gasteiger partial charge in [0.15, 0.2) is 17.2 Å². The summed E-state index contributed by atoms with van der Waals surface area (Å²) in [5.74, 6) is 1.82. The quantitative estimate of drug-likeness (QED) is 0.204. The van der Waals surface area contributed by atoms with Crippen molar-refractivity contribution in [1.29, 1.82) is 0 Å². The Morgan fingerprint density at radius 2 is 1.53 bits per heavy atom. The van der Waals surface area contributed by atoms with Crippen LogP contribution in [-0.2, 0) is 5.41 Å². The van der Waals surface area contributed by atoms with E-state index in [0.29, 0.717) is 0 Å². The lowest BCUT2D eigenvalue weighted by Gasteiger charge is -2.48. The van der Waals surface area contributed by atoms with Gasteiger partial charge < -0.3 is 24.0 Å². The molecule has 3 atom stereocenters. The molecule has 6 aromatic rings. The van der Waals surface area contributed by atoms with Crippen LogP contribution in [0.5, 0.6) is 0 Å². The number of rotatable bonds is 4. The van der Waals surface area contributed by atoms with Crippen LogP contribution in [0, 0.1) is 6.92 Å². The Labute approximate surface area is 262 Å². The summed E-state index contributed by atoms with van der Waals surface area (Å²) in [5, 5.41) is 2.30. The van der Waals surface area contributed by atoms with Gasteiger partial charge in [0, 0.05) is 59.4 Å². The van der Waals surface area contributed by atoms with Crippen LogP contribution in [0.2, 0.25) is 0 Å². The third-order valence-electron chi connectivity index (χ3n) is 10.1. The summed E-state index contributed by atoms with van der Waals surface area (Å²) >= 11 is 0. The second kappa shape index (κ2) is 9.60. The molecule has 4 aromatic carbocycles. The highest BCUT2D eigenvalue weighted by atomic mass is 16.3. The van der Waals surface area contributed by atoms with E-state index in [4.69, 9.17) is 14.4 Å². The molecule has 3 aliphatic rings. The molecule has 9 rings (SSSR count). The molecule has 0 aliphatic carbocycles. The van der Waals surface area contributed by atoms with Crippen molar-refractivity contribution >= 4 is 50.6 Å². The van der Waals surface area contributed by atoms with E-state index < -0.39 is 0 Å². The van der Waals surface area contributed by atoms with Gasteiger partial charge in [-0.25, -0.2) is 9.97 Å². The molecule has 0 N–H and O–H groups in total. The van der Waals surface area contributed by atoms with Crippen molar-refractivity contribution < 1.29 is 4.42 Å². The Kier molecular flexibility index (Phi) is 5.57.